The summed E-state index contributed by atoms with van der Waals surface area (Å²) in [5, 5.41) is 0. The van der Waals surface area contributed by atoms with E-state index in [4.69, 9.17) is 9.47 Å². The molecule has 0 aliphatic heterocycles. The standard InChI is InChI=1S/C24H17BrF4N2O2.ClH/c1-32-22-10-15(5-9-21(22)33-13-16-4-8-18(25)11-19(16)26)20-12-30-23(31-20)14-2-6-17(7-3-14)24(27,28)29;/h2-12H,13H2,1H3,(H,30,31);1H. The van der Waals surface area contributed by atoms with Crippen LogP contribution >= 0.6 is 28.3 Å². The fraction of sp³-hybridized carbons (Fsp3) is 0.125. The van der Waals surface area contributed by atoms with Gasteiger partial charge in [0.2, 0.25) is 0 Å². The number of rotatable bonds is 6. The summed E-state index contributed by atoms with van der Waals surface area (Å²) in [7, 11) is 1.49. The smallest absolute Gasteiger partial charge is 0.416 e. The molecule has 4 nitrogen and oxygen atoms in total. The van der Waals surface area contributed by atoms with E-state index in [2.05, 4.69) is 25.9 Å². The van der Waals surface area contributed by atoms with Gasteiger partial charge in [-0.05, 0) is 42.5 Å². The molecule has 1 heterocycles. The topological polar surface area (TPSA) is 47.1 Å². The molecule has 178 valence electrons. The molecule has 0 aliphatic carbocycles. The zero-order chi connectivity index (χ0) is 23.6. The van der Waals surface area contributed by atoms with E-state index >= 15 is 0 Å². The van der Waals surface area contributed by atoms with Crippen molar-refractivity contribution in [1.82, 2.24) is 9.97 Å². The lowest BCUT2D eigenvalue weighted by atomic mass is 10.1. The minimum absolute atomic E-state index is 0. The number of nitrogens with one attached hydrogen (secondary N) is 1. The van der Waals surface area contributed by atoms with Crippen LogP contribution < -0.4 is 9.47 Å². The van der Waals surface area contributed by atoms with Gasteiger partial charge in [0.1, 0.15) is 18.2 Å². The molecule has 0 saturated heterocycles. The molecule has 1 aromatic heterocycles. The molecule has 3 aromatic carbocycles. The van der Waals surface area contributed by atoms with Crippen LogP contribution in [0, 0.1) is 5.82 Å². The van der Waals surface area contributed by atoms with E-state index in [9.17, 15) is 17.6 Å². The Kier molecular flexibility index (Phi) is 7.89. The molecule has 10 heteroatoms. The number of hydrogen-bond donors (Lipinski definition) is 1. The van der Waals surface area contributed by atoms with Gasteiger partial charge < -0.3 is 14.5 Å². The highest BCUT2D eigenvalue weighted by atomic mass is 79.9. The van der Waals surface area contributed by atoms with E-state index in [1.807, 2.05) is 0 Å². The van der Waals surface area contributed by atoms with Crippen molar-refractivity contribution in [1.29, 1.82) is 0 Å². The highest BCUT2D eigenvalue weighted by molar-refractivity contribution is 9.10. The first-order valence-corrected chi connectivity index (χ1v) is 10.5. The SMILES string of the molecule is COc1cc(-c2cnc(-c3ccc(C(F)(F)F)cc3)[nH]2)ccc1OCc1ccc(Br)cc1F.Cl. The van der Waals surface area contributed by atoms with Gasteiger partial charge in [-0.3, -0.25) is 0 Å². The third-order valence-corrected chi connectivity index (χ3v) is 5.43. The zero-order valence-electron chi connectivity index (χ0n) is 17.6. The van der Waals surface area contributed by atoms with Gasteiger partial charge in [0.25, 0.3) is 0 Å². The van der Waals surface area contributed by atoms with E-state index in [1.54, 1.807) is 36.5 Å². The molecule has 0 bridgehead atoms. The molecular weight excluding hydrogens is 540 g/mol. The fourth-order valence-electron chi connectivity index (χ4n) is 3.18. The quantitative estimate of drug-likeness (QED) is 0.248. The van der Waals surface area contributed by atoms with Crippen LogP contribution in [-0.4, -0.2) is 17.1 Å². The molecule has 0 aliphatic rings. The largest absolute Gasteiger partial charge is 0.493 e. The molecule has 0 unspecified atom stereocenters. The lowest BCUT2D eigenvalue weighted by Crippen LogP contribution is -2.04. The number of aromatic nitrogens is 2. The van der Waals surface area contributed by atoms with Crippen molar-refractivity contribution in [2.24, 2.45) is 0 Å². The van der Waals surface area contributed by atoms with Crippen LogP contribution in [-0.2, 0) is 12.8 Å². The van der Waals surface area contributed by atoms with Gasteiger partial charge in [-0.25, -0.2) is 9.37 Å². The first kappa shape index (κ1) is 25.6. The minimum atomic E-state index is -4.39. The average Bonchev–Trinajstić information content (AvgIpc) is 3.28. The van der Waals surface area contributed by atoms with Gasteiger partial charge in [0, 0.05) is 21.2 Å². The number of H-pyrrole nitrogens is 1. The molecule has 4 aromatic rings. The number of alkyl halides is 3. The molecular formula is C24H18BrClF4N2O2. The Hall–Kier alpha value is -3.04. The zero-order valence-corrected chi connectivity index (χ0v) is 20.0. The molecule has 0 spiro atoms. The number of methoxy groups -OCH3 is 1. The fourth-order valence-corrected chi connectivity index (χ4v) is 3.51. The van der Waals surface area contributed by atoms with Crippen molar-refractivity contribution in [2.75, 3.05) is 7.11 Å². The summed E-state index contributed by atoms with van der Waals surface area (Å²) in [4.78, 5) is 7.37. The van der Waals surface area contributed by atoms with Crippen molar-refractivity contribution in [3.63, 3.8) is 0 Å². The summed E-state index contributed by atoms with van der Waals surface area (Å²) in [6, 6.07) is 14.7. The van der Waals surface area contributed by atoms with Crippen LogP contribution in [0.4, 0.5) is 17.6 Å². The molecule has 0 atom stereocenters. The van der Waals surface area contributed by atoms with E-state index in [-0.39, 0.29) is 24.8 Å². The number of nitrogens with zero attached hydrogens (tertiary/aromatic N) is 1. The number of hydrogen-bond acceptors (Lipinski definition) is 3. The predicted octanol–water partition coefficient (Wildman–Crippen LogP) is 7.67. The second kappa shape index (κ2) is 10.5. The molecule has 4 rings (SSSR count). The van der Waals surface area contributed by atoms with Crippen molar-refractivity contribution >= 4 is 28.3 Å². The summed E-state index contributed by atoms with van der Waals surface area (Å²) in [5.41, 5.74) is 1.59. The van der Waals surface area contributed by atoms with Crippen molar-refractivity contribution in [3.8, 4) is 34.1 Å². The molecule has 0 amide bonds. The van der Waals surface area contributed by atoms with Gasteiger partial charge in [0.05, 0.1) is 24.6 Å². The Bertz CT molecular complexity index is 1280. The second-order valence-corrected chi connectivity index (χ2v) is 8.03. The predicted molar refractivity (Wildman–Crippen MR) is 127 cm³/mol. The lowest BCUT2D eigenvalue weighted by molar-refractivity contribution is -0.137. The lowest BCUT2D eigenvalue weighted by Gasteiger charge is -2.12. The number of ether oxygens (including phenoxy) is 2. The molecule has 34 heavy (non-hydrogen) atoms. The van der Waals surface area contributed by atoms with Gasteiger partial charge in [-0.1, -0.05) is 34.1 Å². The van der Waals surface area contributed by atoms with E-state index in [0.29, 0.717) is 38.6 Å². The van der Waals surface area contributed by atoms with Crippen molar-refractivity contribution < 1.29 is 27.0 Å². The minimum Gasteiger partial charge on any atom is -0.493 e. The molecule has 0 saturated carbocycles. The van der Waals surface area contributed by atoms with Crippen molar-refractivity contribution in [3.05, 3.63) is 88.3 Å². The first-order valence-electron chi connectivity index (χ1n) is 9.72. The Morgan fingerprint density at radius 3 is 2.29 bits per heavy atom. The summed E-state index contributed by atoms with van der Waals surface area (Å²) < 4.78 is 64.1. The van der Waals surface area contributed by atoms with Crippen LogP contribution in [0.1, 0.15) is 11.1 Å². The van der Waals surface area contributed by atoms with E-state index in [1.165, 1.54) is 25.3 Å². The van der Waals surface area contributed by atoms with Crippen LogP contribution in [0.3, 0.4) is 0 Å². The third-order valence-electron chi connectivity index (χ3n) is 4.93. The highest BCUT2D eigenvalue weighted by Crippen LogP contribution is 2.34. The molecule has 1 N–H and O–H groups in total. The van der Waals surface area contributed by atoms with Crippen LogP contribution in [0.2, 0.25) is 0 Å². The Morgan fingerprint density at radius 2 is 1.65 bits per heavy atom. The van der Waals surface area contributed by atoms with Crippen LogP contribution in [0.5, 0.6) is 11.5 Å². The maximum atomic E-state index is 14.0. The number of imidazole rings is 1. The summed E-state index contributed by atoms with van der Waals surface area (Å²) in [6.07, 6.45) is -2.81. The maximum absolute atomic E-state index is 14.0. The number of halogens is 6. The number of aromatic amines is 1. The average molecular weight is 558 g/mol. The molecule has 0 fully saturated rings. The Morgan fingerprint density at radius 1 is 0.941 bits per heavy atom. The van der Waals surface area contributed by atoms with Gasteiger partial charge in [-0.2, -0.15) is 13.2 Å². The van der Waals surface area contributed by atoms with Gasteiger partial charge in [0.15, 0.2) is 11.5 Å². The van der Waals surface area contributed by atoms with Gasteiger partial charge in [-0.15, -0.1) is 12.4 Å². The van der Waals surface area contributed by atoms with E-state index in [0.717, 1.165) is 17.7 Å². The van der Waals surface area contributed by atoms with Crippen LogP contribution in [0.25, 0.3) is 22.6 Å². The normalized spacial score (nSPS) is 11.1. The van der Waals surface area contributed by atoms with Crippen LogP contribution in [0.15, 0.2) is 71.3 Å². The summed E-state index contributed by atoms with van der Waals surface area (Å²) in [6.45, 7) is 0.0247. The summed E-state index contributed by atoms with van der Waals surface area (Å²) in [5.74, 6) is 0.929. The Labute approximate surface area is 207 Å². The summed E-state index contributed by atoms with van der Waals surface area (Å²) >= 11 is 3.22. The second-order valence-electron chi connectivity index (χ2n) is 7.11. The maximum Gasteiger partial charge on any atom is 0.416 e. The third kappa shape index (κ3) is 5.71. The highest BCUT2D eigenvalue weighted by Gasteiger charge is 2.30. The van der Waals surface area contributed by atoms with E-state index < -0.39 is 11.7 Å². The Balaban J connectivity index is 0.00000324. The molecule has 0 radical (unpaired) electrons. The number of benzene rings is 3. The first-order chi connectivity index (χ1) is 15.7. The monoisotopic (exact) mass is 556 g/mol. The van der Waals surface area contributed by atoms with Gasteiger partial charge >= 0.3 is 6.18 Å². The van der Waals surface area contributed by atoms with Crippen molar-refractivity contribution in [2.45, 2.75) is 12.8 Å².